The zero-order chi connectivity index (χ0) is 19.1. The van der Waals surface area contributed by atoms with Crippen molar-refractivity contribution >= 4 is 11.6 Å². The number of rotatable bonds is 7. The summed E-state index contributed by atoms with van der Waals surface area (Å²) in [5, 5.41) is 14.7. The Bertz CT molecular complexity index is 772. The Hall–Kier alpha value is -2.38. The second-order valence-corrected chi connectivity index (χ2v) is 6.67. The molecule has 26 heavy (non-hydrogen) atoms. The van der Waals surface area contributed by atoms with Crippen LogP contribution in [0.3, 0.4) is 0 Å². The number of aromatic nitrogens is 2. The number of carbonyl (C=O) groups excluding carboxylic acids is 1. The molecular weight excluding hydrogens is 336 g/mol. The van der Waals surface area contributed by atoms with Gasteiger partial charge in [0, 0.05) is 12.5 Å². The fourth-order valence-electron chi connectivity index (χ4n) is 3.31. The Morgan fingerprint density at radius 2 is 1.96 bits per heavy atom. The lowest BCUT2D eigenvalue weighted by molar-refractivity contribution is -0.121. The van der Waals surface area contributed by atoms with Gasteiger partial charge in [0.1, 0.15) is 5.56 Å². The van der Waals surface area contributed by atoms with Gasteiger partial charge in [-0.2, -0.15) is 5.10 Å². The number of hydrogen-bond donors (Lipinski definition) is 3. The van der Waals surface area contributed by atoms with E-state index in [4.69, 9.17) is 0 Å². The third kappa shape index (κ3) is 4.62. The fourth-order valence-corrected chi connectivity index (χ4v) is 3.31. The number of nitrogens with zero attached hydrogens (tertiary/aromatic N) is 2. The highest BCUT2D eigenvalue weighted by atomic mass is 16.3. The maximum Gasteiger partial charge on any atom is 0.331 e. The molecule has 2 rings (SSSR count). The summed E-state index contributed by atoms with van der Waals surface area (Å²) in [6.07, 6.45) is 6.95. The molecule has 0 aromatic carbocycles. The van der Waals surface area contributed by atoms with E-state index in [-0.39, 0.29) is 29.1 Å². The molecule has 1 aromatic rings. The molecule has 0 bridgehead atoms. The number of aromatic amines is 1. The topological polar surface area (TPSA) is 117 Å². The molecule has 1 aromatic heterocycles. The van der Waals surface area contributed by atoms with E-state index in [9.17, 15) is 19.5 Å². The first kappa shape index (κ1) is 19.9. The minimum Gasteiger partial charge on any atom is -0.494 e. The van der Waals surface area contributed by atoms with E-state index in [0.29, 0.717) is 12.8 Å². The summed E-state index contributed by atoms with van der Waals surface area (Å²) in [5.74, 6) is -0.608. The molecule has 0 saturated heterocycles. The predicted octanol–water partition coefficient (Wildman–Crippen LogP) is 2.17. The molecule has 1 aliphatic rings. The highest BCUT2D eigenvalue weighted by Crippen LogP contribution is 2.30. The monoisotopic (exact) mass is 364 g/mol. The van der Waals surface area contributed by atoms with E-state index in [1.54, 1.807) is 6.92 Å². The largest absolute Gasteiger partial charge is 0.494 e. The average molecular weight is 364 g/mol. The first-order valence-corrected chi connectivity index (χ1v) is 9.43. The highest BCUT2D eigenvalue weighted by molar-refractivity contribution is 6.02. The van der Waals surface area contributed by atoms with Crippen molar-refractivity contribution in [3.05, 3.63) is 26.4 Å². The van der Waals surface area contributed by atoms with E-state index in [0.717, 1.165) is 44.9 Å². The number of hydrogen-bond acceptors (Lipinski definition) is 5. The Labute approximate surface area is 152 Å². The molecule has 8 nitrogen and oxygen atoms in total. The summed E-state index contributed by atoms with van der Waals surface area (Å²) < 4.78 is 1.26. The van der Waals surface area contributed by atoms with Gasteiger partial charge in [-0.3, -0.25) is 19.1 Å². The quantitative estimate of drug-likeness (QED) is 0.508. The molecule has 1 amide bonds. The molecule has 8 heteroatoms. The third-order valence-electron chi connectivity index (χ3n) is 4.75. The van der Waals surface area contributed by atoms with Crippen LogP contribution >= 0.6 is 0 Å². The Balaban J connectivity index is 2.38. The van der Waals surface area contributed by atoms with Gasteiger partial charge in [0.05, 0.1) is 5.71 Å². The summed E-state index contributed by atoms with van der Waals surface area (Å²) in [5.41, 5.74) is 1.34. The van der Waals surface area contributed by atoms with Gasteiger partial charge < -0.3 is 5.11 Å². The van der Waals surface area contributed by atoms with Crippen LogP contribution in [0.2, 0.25) is 0 Å². The molecule has 144 valence electrons. The van der Waals surface area contributed by atoms with Crippen LogP contribution in [0.25, 0.3) is 0 Å². The van der Waals surface area contributed by atoms with Crippen molar-refractivity contribution < 1.29 is 9.90 Å². The van der Waals surface area contributed by atoms with Gasteiger partial charge in [0.2, 0.25) is 11.8 Å². The van der Waals surface area contributed by atoms with Crippen LogP contribution < -0.4 is 16.7 Å². The summed E-state index contributed by atoms with van der Waals surface area (Å²) in [6.45, 7) is 3.76. The van der Waals surface area contributed by atoms with Gasteiger partial charge in [-0.15, -0.1) is 0 Å². The molecule has 0 atom stereocenters. The van der Waals surface area contributed by atoms with Gasteiger partial charge in [-0.1, -0.05) is 39.5 Å². The van der Waals surface area contributed by atoms with Crippen LogP contribution in [-0.2, 0) is 4.79 Å². The maximum atomic E-state index is 12.3. The summed E-state index contributed by atoms with van der Waals surface area (Å²) >= 11 is 0. The van der Waals surface area contributed by atoms with Crippen molar-refractivity contribution in [2.24, 2.45) is 5.10 Å². The normalized spacial score (nSPS) is 15.8. The maximum absolute atomic E-state index is 12.3. The molecule has 1 saturated carbocycles. The molecule has 1 heterocycles. The number of unbranched alkanes of at least 4 members (excludes halogenated alkanes) is 1. The summed E-state index contributed by atoms with van der Waals surface area (Å²) in [4.78, 5) is 38.6. The summed E-state index contributed by atoms with van der Waals surface area (Å²) in [6, 6.07) is -0.135. The lowest BCUT2D eigenvalue weighted by atomic mass is 9.95. The number of aromatic hydroxyl groups is 1. The molecule has 3 N–H and O–H groups in total. The highest BCUT2D eigenvalue weighted by Gasteiger charge is 2.24. The number of carbonyl (C=O) groups is 1. The van der Waals surface area contributed by atoms with Crippen LogP contribution in [0.15, 0.2) is 14.7 Å². The van der Waals surface area contributed by atoms with E-state index in [1.807, 2.05) is 6.92 Å². The number of amides is 1. The van der Waals surface area contributed by atoms with Crippen molar-refractivity contribution in [2.75, 3.05) is 0 Å². The van der Waals surface area contributed by atoms with Gasteiger partial charge in [-0.25, -0.2) is 10.2 Å². The Morgan fingerprint density at radius 1 is 1.27 bits per heavy atom. The SMILES string of the molecule is CCCCC(=O)N/N=C(\CC)c1c(O)n(C2CCCCC2)c(=O)[nH]c1=O. The van der Waals surface area contributed by atoms with Crippen molar-refractivity contribution in [3.63, 3.8) is 0 Å². The standard InChI is InChI=1S/C18H28N4O4/c1-3-5-11-14(23)21-20-13(4-2)15-16(24)19-18(26)22(17(15)25)12-9-7-6-8-10-12/h12,25H,3-11H2,1-2H3,(H,21,23)(H,19,24,26)/b20-13+. The second kappa shape index (κ2) is 9.35. The molecule has 0 aliphatic heterocycles. The van der Waals surface area contributed by atoms with Crippen LogP contribution in [0, 0.1) is 0 Å². The van der Waals surface area contributed by atoms with Gasteiger partial charge in [0.15, 0.2) is 0 Å². The minimum atomic E-state index is -0.692. The van der Waals surface area contributed by atoms with Crippen molar-refractivity contribution in [1.82, 2.24) is 15.0 Å². The minimum absolute atomic E-state index is 0.0477. The molecule has 0 radical (unpaired) electrons. The predicted molar refractivity (Wildman–Crippen MR) is 99.6 cm³/mol. The van der Waals surface area contributed by atoms with Crippen molar-refractivity contribution in [1.29, 1.82) is 0 Å². The average Bonchev–Trinajstić information content (AvgIpc) is 2.63. The van der Waals surface area contributed by atoms with E-state index >= 15 is 0 Å². The van der Waals surface area contributed by atoms with Gasteiger partial charge >= 0.3 is 5.69 Å². The third-order valence-corrected chi connectivity index (χ3v) is 4.75. The lowest BCUT2D eigenvalue weighted by Gasteiger charge is -2.25. The van der Waals surface area contributed by atoms with Crippen LogP contribution in [0.1, 0.15) is 83.2 Å². The molecule has 0 spiro atoms. The number of H-pyrrole nitrogens is 1. The Kier molecular flexibility index (Phi) is 7.17. The van der Waals surface area contributed by atoms with Crippen LogP contribution in [0.5, 0.6) is 5.88 Å². The molecular formula is C18H28N4O4. The number of nitrogens with one attached hydrogen (secondary N) is 2. The first-order valence-electron chi connectivity index (χ1n) is 9.43. The lowest BCUT2D eigenvalue weighted by Crippen LogP contribution is -2.37. The fraction of sp³-hybridized carbons (Fsp3) is 0.667. The Morgan fingerprint density at radius 3 is 2.58 bits per heavy atom. The smallest absolute Gasteiger partial charge is 0.331 e. The van der Waals surface area contributed by atoms with Crippen molar-refractivity contribution in [3.8, 4) is 5.88 Å². The summed E-state index contributed by atoms with van der Waals surface area (Å²) in [7, 11) is 0. The zero-order valence-electron chi connectivity index (χ0n) is 15.5. The zero-order valence-corrected chi connectivity index (χ0v) is 15.5. The van der Waals surface area contributed by atoms with Crippen LogP contribution in [-0.4, -0.2) is 26.3 Å². The second-order valence-electron chi connectivity index (χ2n) is 6.67. The number of hydrazone groups is 1. The molecule has 1 aliphatic carbocycles. The van der Waals surface area contributed by atoms with Crippen molar-refractivity contribution in [2.45, 2.75) is 77.7 Å². The van der Waals surface area contributed by atoms with E-state index < -0.39 is 11.2 Å². The van der Waals surface area contributed by atoms with E-state index in [2.05, 4.69) is 15.5 Å². The van der Waals surface area contributed by atoms with Gasteiger partial charge in [0.25, 0.3) is 5.56 Å². The van der Waals surface area contributed by atoms with Gasteiger partial charge in [-0.05, 0) is 25.7 Å². The molecule has 0 unspecified atom stereocenters. The van der Waals surface area contributed by atoms with Crippen LogP contribution in [0.4, 0.5) is 0 Å². The first-order chi connectivity index (χ1) is 12.5. The molecule has 1 fully saturated rings. The van der Waals surface area contributed by atoms with E-state index in [1.165, 1.54) is 4.57 Å².